The number of aromatic nitrogens is 2. The molecular formula is C20H27N5O6. The average Bonchev–Trinajstić information content (AvgIpc) is 3.00. The molecule has 11 nitrogen and oxygen atoms in total. The van der Waals surface area contributed by atoms with E-state index in [9.17, 15) is 19.2 Å². The van der Waals surface area contributed by atoms with Gasteiger partial charge < -0.3 is 9.57 Å². The van der Waals surface area contributed by atoms with Crippen molar-refractivity contribution in [2.45, 2.75) is 59.8 Å². The molecule has 0 radical (unpaired) electrons. The van der Waals surface area contributed by atoms with Crippen molar-refractivity contribution in [2.75, 3.05) is 6.61 Å². The van der Waals surface area contributed by atoms with E-state index in [0.717, 1.165) is 0 Å². The van der Waals surface area contributed by atoms with E-state index in [-0.39, 0.29) is 37.2 Å². The third-order valence-corrected chi connectivity index (χ3v) is 3.98. The van der Waals surface area contributed by atoms with Crippen molar-refractivity contribution in [1.82, 2.24) is 20.5 Å². The Morgan fingerprint density at radius 1 is 1.16 bits per heavy atom. The molecule has 1 aromatic heterocycles. The molecule has 0 bridgehead atoms. The van der Waals surface area contributed by atoms with Crippen LogP contribution in [-0.4, -0.2) is 51.0 Å². The normalized spacial score (nSPS) is 14.6. The van der Waals surface area contributed by atoms with Crippen LogP contribution in [0.15, 0.2) is 17.5 Å². The highest BCUT2D eigenvalue weighted by Crippen LogP contribution is 2.17. The first-order valence-electron chi connectivity index (χ1n) is 9.90. The summed E-state index contributed by atoms with van der Waals surface area (Å²) in [6.45, 7) is 7.75. The molecule has 3 amide bonds. The molecule has 1 saturated heterocycles. The van der Waals surface area contributed by atoms with E-state index >= 15 is 0 Å². The number of hydrogen-bond acceptors (Lipinski definition) is 9. The second-order valence-electron chi connectivity index (χ2n) is 8.21. The molecule has 1 N–H and O–H groups in total. The maximum Gasteiger partial charge on any atom is 0.333 e. The summed E-state index contributed by atoms with van der Waals surface area (Å²) in [6.07, 6.45) is 3.66. The second-order valence-corrected chi connectivity index (χ2v) is 8.21. The van der Waals surface area contributed by atoms with Gasteiger partial charge in [0.2, 0.25) is 5.91 Å². The molecule has 2 rings (SSSR count). The van der Waals surface area contributed by atoms with Gasteiger partial charge in [0.1, 0.15) is 5.71 Å². The van der Waals surface area contributed by atoms with Gasteiger partial charge in [0.05, 0.1) is 25.4 Å². The van der Waals surface area contributed by atoms with Crippen LogP contribution in [0.2, 0.25) is 0 Å². The lowest BCUT2D eigenvalue weighted by Crippen LogP contribution is -2.32. The fourth-order valence-electron chi connectivity index (χ4n) is 2.51. The van der Waals surface area contributed by atoms with Gasteiger partial charge in [-0.25, -0.2) is 20.2 Å². The van der Waals surface area contributed by atoms with Gasteiger partial charge in [-0.15, -0.1) is 5.06 Å². The number of hydrogen-bond donors (Lipinski definition) is 1. The maximum atomic E-state index is 11.8. The Morgan fingerprint density at radius 3 is 2.35 bits per heavy atom. The van der Waals surface area contributed by atoms with Crippen molar-refractivity contribution < 1.29 is 28.8 Å². The van der Waals surface area contributed by atoms with Gasteiger partial charge in [-0.1, -0.05) is 20.8 Å². The number of nitrogens with one attached hydrogen (secondary N) is 1. The van der Waals surface area contributed by atoms with E-state index in [0.29, 0.717) is 35.2 Å². The van der Waals surface area contributed by atoms with Crippen LogP contribution in [-0.2, 0) is 24.0 Å². The molecule has 1 aliphatic heterocycles. The Kier molecular flexibility index (Phi) is 8.17. The predicted octanol–water partition coefficient (Wildman–Crippen LogP) is 1.52. The SMILES string of the molecule is C/C(=N/NC(=O)CC(C)(C)C)c1ncc(OCCCC(=O)ON2C(=O)CCC2=O)cn1. The minimum atomic E-state index is -0.681. The molecule has 11 heteroatoms. The van der Waals surface area contributed by atoms with Gasteiger partial charge in [-0.05, 0) is 18.8 Å². The first-order chi connectivity index (χ1) is 14.5. The minimum Gasteiger partial charge on any atom is -0.490 e. The van der Waals surface area contributed by atoms with Gasteiger partial charge in [-0.2, -0.15) is 5.10 Å². The van der Waals surface area contributed by atoms with Crippen LogP contribution in [0.3, 0.4) is 0 Å². The molecule has 0 aromatic carbocycles. The summed E-state index contributed by atoms with van der Waals surface area (Å²) in [5, 5.41) is 4.52. The van der Waals surface area contributed by atoms with Crippen molar-refractivity contribution >= 4 is 29.4 Å². The van der Waals surface area contributed by atoms with Crippen LogP contribution < -0.4 is 10.2 Å². The highest BCUT2D eigenvalue weighted by atomic mass is 16.7. The number of carbonyl (C=O) groups excluding carboxylic acids is 4. The van der Waals surface area contributed by atoms with Gasteiger partial charge in [0, 0.05) is 19.3 Å². The molecule has 0 unspecified atom stereocenters. The van der Waals surface area contributed by atoms with Crippen LogP contribution >= 0.6 is 0 Å². The smallest absolute Gasteiger partial charge is 0.333 e. The van der Waals surface area contributed by atoms with E-state index in [2.05, 4.69) is 20.5 Å². The van der Waals surface area contributed by atoms with Gasteiger partial charge in [-0.3, -0.25) is 14.4 Å². The first kappa shape index (κ1) is 23.9. The summed E-state index contributed by atoms with van der Waals surface area (Å²) in [6, 6.07) is 0. The first-order valence-corrected chi connectivity index (χ1v) is 9.90. The molecule has 1 aromatic rings. The fraction of sp³-hybridized carbons (Fsp3) is 0.550. The zero-order valence-electron chi connectivity index (χ0n) is 18.1. The molecule has 1 fully saturated rings. The predicted molar refractivity (Wildman–Crippen MR) is 108 cm³/mol. The van der Waals surface area contributed by atoms with Crippen molar-refractivity contribution in [2.24, 2.45) is 10.5 Å². The zero-order valence-corrected chi connectivity index (χ0v) is 18.1. The number of hydroxylamine groups is 2. The fourth-order valence-corrected chi connectivity index (χ4v) is 2.51. The monoisotopic (exact) mass is 433 g/mol. The third-order valence-electron chi connectivity index (χ3n) is 3.98. The average molecular weight is 433 g/mol. The molecule has 0 spiro atoms. The summed E-state index contributed by atoms with van der Waals surface area (Å²) in [5.74, 6) is -1.17. The summed E-state index contributed by atoms with van der Waals surface area (Å²) < 4.78 is 5.47. The van der Waals surface area contributed by atoms with Crippen LogP contribution in [0, 0.1) is 5.41 Å². The Bertz CT molecular complexity index is 844. The van der Waals surface area contributed by atoms with E-state index in [1.165, 1.54) is 12.4 Å². The topological polar surface area (TPSA) is 140 Å². The zero-order chi connectivity index (χ0) is 23.0. The molecular weight excluding hydrogens is 406 g/mol. The number of amides is 3. The minimum absolute atomic E-state index is 0.0178. The highest BCUT2D eigenvalue weighted by molar-refractivity contribution is 6.01. The molecule has 31 heavy (non-hydrogen) atoms. The highest BCUT2D eigenvalue weighted by Gasteiger charge is 2.32. The lowest BCUT2D eigenvalue weighted by atomic mass is 9.92. The number of nitrogens with zero attached hydrogens (tertiary/aromatic N) is 4. The summed E-state index contributed by atoms with van der Waals surface area (Å²) in [4.78, 5) is 59.4. The van der Waals surface area contributed by atoms with Crippen molar-refractivity contribution in [3.05, 3.63) is 18.2 Å². The van der Waals surface area contributed by atoms with Crippen LogP contribution in [0.1, 0.15) is 65.6 Å². The Hall–Kier alpha value is -3.37. The molecule has 0 aliphatic carbocycles. The van der Waals surface area contributed by atoms with Crippen molar-refractivity contribution in [1.29, 1.82) is 0 Å². The summed E-state index contributed by atoms with van der Waals surface area (Å²) in [5.41, 5.74) is 2.79. The summed E-state index contributed by atoms with van der Waals surface area (Å²) >= 11 is 0. The van der Waals surface area contributed by atoms with Crippen molar-refractivity contribution in [3.8, 4) is 5.75 Å². The lowest BCUT2D eigenvalue weighted by Gasteiger charge is -2.15. The Labute approximate surface area is 180 Å². The van der Waals surface area contributed by atoms with E-state index in [1.54, 1.807) is 6.92 Å². The molecule has 1 aliphatic rings. The molecule has 2 heterocycles. The lowest BCUT2D eigenvalue weighted by molar-refractivity contribution is -0.197. The third kappa shape index (κ3) is 8.11. The quantitative estimate of drug-likeness (QED) is 0.267. The number of ether oxygens (including phenoxy) is 1. The molecule has 168 valence electrons. The number of carbonyl (C=O) groups is 4. The van der Waals surface area contributed by atoms with E-state index in [1.807, 2.05) is 20.8 Å². The standard InChI is InChI=1S/C20H27N5O6/c1-13(23-24-15(26)10-20(2,3)4)19-21-11-14(12-22-19)30-9-5-6-18(29)31-25-16(27)7-8-17(25)28/h11-12H,5-10H2,1-4H3,(H,24,26)/b23-13-. The van der Waals surface area contributed by atoms with E-state index in [4.69, 9.17) is 9.57 Å². The van der Waals surface area contributed by atoms with Crippen LogP contribution in [0.5, 0.6) is 5.75 Å². The van der Waals surface area contributed by atoms with Gasteiger partial charge >= 0.3 is 5.97 Å². The number of rotatable bonds is 9. The van der Waals surface area contributed by atoms with Gasteiger partial charge in [0.15, 0.2) is 11.6 Å². The van der Waals surface area contributed by atoms with Crippen molar-refractivity contribution in [3.63, 3.8) is 0 Å². The Balaban J connectivity index is 1.72. The van der Waals surface area contributed by atoms with Crippen LogP contribution in [0.4, 0.5) is 0 Å². The second kappa shape index (κ2) is 10.6. The molecule has 0 atom stereocenters. The summed E-state index contributed by atoms with van der Waals surface area (Å²) in [7, 11) is 0. The van der Waals surface area contributed by atoms with Crippen LogP contribution in [0.25, 0.3) is 0 Å². The molecule has 0 saturated carbocycles. The number of imide groups is 1. The number of hydrazone groups is 1. The van der Waals surface area contributed by atoms with Gasteiger partial charge in [0.25, 0.3) is 11.8 Å². The largest absolute Gasteiger partial charge is 0.490 e. The maximum absolute atomic E-state index is 11.8. The van der Waals surface area contributed by atoms with E-state index < -0.39 is 17.8 Å². The Morgan fingerprint density at radius 2 is 1.77 bits per heavy atom.